The standard InChI is InChI=1S/C20H22Cl2N2O3S/c1-13(15-7-6-14-4-3-5-16(14)10-15)23-20(25)12-24(28(2,26)27)19-11-17(21)8-9-18(19)22/h6-11,13H,3-5,12H2,1-2H3,(H,23,25)/t13-/m0/s1. The van der Waals surface area contributed by atoms with Gasteiger partial charge in [0.25, 0.3) is 0 Å². The van der Waals surface area contributed by atoms with Crippen LogP contribution in [-0.2, 0) is 27.7 Å². The second-order valence-corrected chi connectivity index (χ2v) is 9.79. The molecule has 0 saturated heterocycles. The summed E-state index contributed by atoms with van der Waals surface area (Å²) < 4.78 is 25.5. The SMILES string of the molecule is C[C@H](NC(=O)CN(c1cc(Cl)ccc1Cl)S(C)(=O)=O)c1ccc2c(c1)CCC2. The third-order valence-electron chi connectivity index (χ3n) is 4.86. The predicted molar refractivity (Wildman–Crippen MR) is 114 cm³/mol. The van der Waals surface area contributed by atoms with Gasteiger partial charge in [0.15, 0.2) is 0 Å². The summed E-state index contributed by atoms with van der Waals surface area (Å²) in [6.07, 6.45) is 4.34. The quantitative estimate of drug-likeness (QED) is 0.733. The second-order valence-electron chi connectivity index (χ2n) is 7.04. The highest BCUT2D eigenvalue weighted by Gasteiger charge is 2.24. The van der Waals surface area contributed by atoms with Gasteiger partial charge in [-0.25, -0.2) is 8.42 Å². The molecule has 2 aromatic carbocycles. The zero-order valence-corrected chi connectivity index (χ0v) is 18.0. The van der Waals surface area contributed by atoms with Crippen LogP contribution in [0.1, 0.15) is 36.1 Å². The van der Waals surface area contributed by atoms with Gasteiger partial charge in [-0.05, 0) is 61.1 Å². The van der Waals surface area contributed by atoms with Crippen LogP contribution in [0.3, 0.4) is 0 Å². The minimum Gasteiger partial charge on any atom is -0.348 e. The molecule has 5 nitrogen and oxygen atoms in total. The summed E-state index contributed by atoms with van der Waals surface area (Å²) in [5.74, 6) is -0.422. The largest absolute Gasteiger partial charge is 0.348 e. The first-order chi connectivity index (χ1) is 13.1. The Bertz CT molecular complexity index is 1010. The van der Waals surface area contributed by atoms with Crippen molar-refractivity contribution in [3.8, 4) is 0 Å². The minimum absolute atomic E-state index is 0.178. The molecule has 0 aromatic heterocycles. The number of carbonyl (C=O) groups excluding carboxylic acids is 1. The number of halogens is 2. The predicted octanol–water partition coefficient (Wildman–Crippen LogP) is 4.13. The van der Waals surface area contributed by atoms with Crippen molar-refractivity contribution in [3.63, 3.8) is 0 Å². The molecule has 0 fully saturated rings. The lowest BCUT2D eigenvalue weighted by Gasteiger charge is -2.24. The Morgan fingerprint density at radius 3 is 2.57 bits per heavy atom. The van der Waals surface area contributed by atoms with E-state index < -0.39 is 15.9 Å². The van der Waals surface area contributed by atoms with E-state index >= 15 is 0 Å². The fourth-order valence-corrected chi connectivity index (χ4v) is 4.72. The topological polar surface area (TPSA) is 66.5 Å². The molecule has 0 aliphatic heterocycles. The van der Waals surface area contributed by atoms with Gasteiger partial charge in [-0.2, -0.15) is 0 Å². The number of carbonyl (C=O) groups is 1. The summed E-state index contributed by atoms with van der Waals surface area (Å²) in [5.41, 5.74) is 3.86. The summed E-state index contributed by atoms with van der Waals surface area (Å²) in [6, 6.07) is 10.5. The number of benzene rings is 2. The summed E-state index contributed by atoms with van der Waals surface area (Å²) in [6.45, 7) is 1.50. The number of anilines is 1. The number of sulfonamides is 1. The van der Waals surface area contributed by atoms with Gasteiger partial charge in [0.05, 0.1) is 23.0 Å². The van der Waals surface area contributed by atoms with Crippen LogP contribution in [0.2, 0.25) is 10.0 Å². The van der Waals surface area contributed by atoms with Crippen molar-refractivity contribution in [2.24, 2.45) is 0 Å². The summed E-state index contributed by atoms with van der Waals surface area (Å²) in [5, 5.41) is 3.41. The maximum Gasteiger partial charge on any atom is 0.241 e. The fourth-order valence-electron chi connectivity index (χ4n) is 3.42. The molecular formula is C20H22Cl2N2O3S. The van der Waals surface area contributed by atoms with Crippen molar-refractivity contribution in [1.82, 2.24) is 5.32 Å². The molecule has 0 saturated carbocycles. The van der Waals surface area contributed by atoms with Crippen molar-refractivity contribution in [2.45, 2.75) is 32.2 Å². The third kappa shape index (κ3) is 4.80. The Morgan fingerprint density at radius 2 is 1.86 bits per heavy atom. The molecule has 1 aliphatic rings. The number of aryl methyl sites for hydroxylation is 2. The van der Waals surface area contributed by atoms with Gasteiger partial charge in [-0.15, -0.1) is 0 Å². The summed E-state index contributed by atoms with van der Waals surface area (Å²) >= 11 is 12.1. The molecule has 1 aliphatic carbocycles. The first-order valence-corrected chi connectivity index (χ1v) is 11.6. The summed E-state index contributed by atoms with van der Waals surface area (Å²) in [7, 11) is -3.73. The van der Waals surface area contributed by atoms with Crippen LogP contribution in [0.4, 0.5) is 5.69 Å². The van der Waals surface area contributed by atoms with E-state index in [1.54, 1.807) is 6.07 Å². The fraction of sp³-hybridized carbons (Fsp3) is 0.350. The van der Waals surface area contributed by atoms with E-state index in [0.29, 0.717) is 5.02 Å². The molecule has 150 valence electrons. The number of rotatable bonds is 6. The number of fused-ring (bicyclic) bond motifs is 1. The Morgan fingerprint density at radius 1 is 1.14 bits per heavy atom. The average molecular weight is 441 g/mol. The Kier molecular flexibility index (Phi) is 6.22. The second kappa shape index (κ2) is 8.31. The molecule has 0 bridgehead atoms. The lowest BCUT2D eigenvalue weighted by Crippen LogP contribution is -2.41. The van der Waals surface area contributed by atoms with Crippen LogP contribution in [0.15, 0.2) is 36.4 Å². The number of hydrogen-bond acceptors (Lipinski definition) is 3. The van der Waals surface area contributed by atoms with Crippen LogP contribution in [0.5, 0.6) is 0 Å². The number of hydrogen-bond donors (Lipinski definition) is 1. The number of amides is 1. The Balaban J connectivity index is 1.76. The zero-order valence-electron chi connectivity index (χ0n) is 15.7. The van der Waals surface area contributed by atoms with Crippen LogP contribution in [0, 0.1) is 0 Å². The van der Waals surface area contributed by atoms with E-state index in [1.165, 1.54) is 23.3 Å². The van der Waals surface area contributed by atoms with Crippen molar-refractivity contribution in [3.05, 3.63) is 63.1 Å². The lowest BCUT2D eigenvalue weighted by molar-refractivity contribution is -0.120. The minimum atomic E-state index is -3.73. The molecule has 0 spiro atoms. The molecule has 1 atom stereocenters. The first-order valence-electron chi connectivity index (χ1n) is 8.99. The number of nitrogens with zero attached hydrogens (tertiary/aromatic N) is 1. The maximum absolute atomic E-state index is 12.6. The van der Waals surface area contributed by atoms with E-state index in [-0.39, 0.29) is 23.3 Å². The summed E-state index contributed by atoms with van der Waals surface area (Å²) in [4.78, 5) is 12.6. The van der Waals surface area contributed by atoms with Crippen LogP contribution in [0.25, 0.3) is 0 Å². The number of nitrogens with one attached hydrogen (secondary N) is 1. The highest BCUT2D eigenvalue weighted by molar-refractivity contribution is 7.92. The van der Waals surface area contributed by atoms with Crippen LogP contribution < -0.4 is 9.62 Å². The normalized spacial score (nSPS) is 14.4. The maximum atomic E-state index is 12.6. The van der Waals surface area contributed by atoms with Crippen molar-refractivity contribution >= 4 is 44.8 Å². The van der Waals surface area contributed by atoms with E-state index in [2.05, 4.69) is 17.4 Å². The van der Waals surface area contributed by atoms with Crippen LogP contribution >= 0.6 is 23.2 Å². The smallest absolute Gasteiger partial charge is 0.241 e. The Labute approximate surface area is 175 Å². The van der Waals surface area contributed by atoms with E-state index in [4.69, 9.17) is 23.2 Å². The Hall–Kier alpha value is -1.76. The highest BCUT2D eigenvalue weighted by Crippen LogP contribution is 2.30. The molecule has 3 rings (SSSR count). The molecule has 0 unspecified atom stereocenters. The molecular weight excluding hydrogens is 419 g/mol. The van der Waals surface area contributed by atoms with Gasteiger partial charge in [-0.3, -0.25) is 9.10 Å². The van der Waals surface area contributed by atoms with E-state index in [9.17, 15) is 13.2 Å². The molecule has 28 heavy (non-hydrogen) atoms. The van der Waals surface area contributed by atoms with Gasteiger partial charge in [0.1, 0.15) is 6.54 Å². The molecule has 0 heterocycles. The highest BCUT2D eigenvalue weighted by atomic mass is 35.5. The van der Waals surface area contributed by atoms with Crippen LogP contribution in [-0.4, -0.2) is 27.1 Å². The van der Waals surface area contributed by atoms with E-state index in [0.717, 1.165) is 35.4 Å². The van der Waals surface area contributed by atoms with Crippen molar-refractivity contribution < 1.29 is 13.2 Å². The monoisotopic (exact) mass is 440 g/mol. The van der Waals surface area contributed by atoms with Gasteiger partial charge in [0.2, 0.25) is 15.9 Å². The molecule has 0 radical (unpaired) electrons. The molecule has 2 aromatic rings. The van der Waals surface area contributed by atoms with Gasteiger partial charge in [0, 0.05) is 5.02 Å². The van der Waals surface area contributed by atoms with Crippen molar-refractivity contribution in [1.29, 1.82) is 0 Å². The van der Waals surface area contributed by atoms with Crippen molar-refractivity contribution in [2.75, 3.05) is 17.1 Å². The third-order valence-corrected chi connectivity index (χ3v) is 6.55. The van der Waals surface area contributed by atoms with Gasteiger partial charge < -0.3 is 5.32 Å². The molecule has 8 heteroatoms. The zero-order chi connectivity index (χ0) is 20.5. The average Bonchev–Trinajstić information content (AvgIpc) is 3.08. The molecule has 1 amide bonds. The lowest BCUT2D eigenvalue weighted by atomic mass is 10.0. The first kappa shape index (κ1) is 21.0. The molecule has 1 N–H and O–H groups in total. The van der Waals surface area contributed by atoms with Gasteiger partial charge in [-0.1, -0.05) is 41.4 Å². The van der Waals surface area contributed by atoms with E-state index in [1.807, 2.05) is 13.0 Å². The van der Waals surface area contributed by atoms with Gasteiger partial charge >= 0.3 is 0 Å².